The van der Waals surface area contributed by atoms with Crippen molar-refractivity contribution in [3.8, 4) is 0 Å². The van der Waals surface area contributed by atoms with Gasteiger partial charge in [0.1, 0.15) is 0 Å². The number of nitrogen functional groups attached to an aromatic ring is 1. The molecule has 0 amide bonds. The van der Waals surface area contributed by atoms with Gasteiger partial charge in [0.25, 0.3) is 0 Å². The molecule has 0 saturated carbocycles. The summed E-state index contributed by atoms with van der Waals surface area (Å²) >= 11 is 0. The molecule has 1 aromatic heterocycles. The van der Waals surface area contributed by atoms with Gasteiger partial charge >= 0.3 is 0 Å². The lowest BCUT2D eigenvalue weighted by molar-refractivity contribution is -0.0553. The smallest absolute Gasteiger partial charge is 0.168 e. The molecule has 1 aromatic rings. The second-order valence-electron chi connectivity index (χ2n) is 5.13. The van der Waals surface area contributed by atoms with Crippen LogP contribution in [0, 0.1) is 11.6 Å². The first-order valence-electron chi connectivity index (χ1n) is 5.89. The Morgan fingerprint density at radius 2 is 2.17 bits per heavy atom. The molecule has 0 aliphatic carbocycles. The van der Waals surface area contributed by atoms with E-state index in [1.165, 1.54) is 0 Å². The molecular weight excluding hydrogens is 240 g/mol. The lowest BCUT2D eigenvalue weighted by atomic mass is 9.94. The molecule has 1 fully saturated rings. The highest BCUT2D eigenvalue weighted by Gasteiger charge is 2.29. The van der Waals surface area contributed by atoms with Gasteiger partial charge in [-0.15, -0.1) is 0 Å². The lowest BCUT2D eigenvalue weighted by Crippen LogP contribution is -2.40. The molecule has 18 heavy (non-hydrogen) atoms. The number of halogens is 2. The van der Waals surface area contributed by atoms with Gasteiger partial charge in [-0.25, -0.2) is 13.8 Å². The summed E-state index contributed by atoms with van der Waals surface area (Å²) in [6, 6.07) is 0.787. The van der Waals surface area contributed by atoms with E-state index in [0.717, 1.165) is 18.9 Å². The molecule has 100 valence electrons. The Morgan fingerprint density at radius 3 is 2.83 bits per heavy atom. The Kier molecular flexibility index (Phi) is 3.38. The van der Waals surface area contributed by atoms with Crippen molar-refractivity contribution in [1.29, 1.82) is 0 Å². The molecule has 4 nitrogen and oxygen atoms in total. The second kappa shape index (κ2) is 4.68. The third-order valence-electron chi connectivity index (χ3n) is 2.99. The van der Waals surface area contributed by atoms with Crippen molar-refractivity contribution in [1.82, 2.24) is 4.98 Å². The van der Waals surface area contributed by atoms with Gasteiger partial charge in [-0.1, -0.05) is 0 Å². The average molecular weight is 257 g/mol. The van der Waals surface area contributed by atoms with E-state index >= 15 is 0 Å². The predicted molar refractivity (Wildman–Crippen MR) is 65.2 cm³/mol. The van der Waals surface area contributed by atoms with Crippen molar-refractivity contribution in [2.75, 3.05) is 17.7 Å². The molecule has 1 atom stereocenters. The van der Waals surface area contributed by atoms with Crippen molar-refractivity contribution in [3.05, 3.63) is 17.7 Å². The van der Waals surface area contributed by atoms with E-state index in [-0.39, 0.29) is 23.3 Å². The normalized spacial score (nSPS) is 22.8. The minimum Gasteiger partial charge on any atom is -0.381 e. The molecule has 1 aliphatic heterocycles. The Morgan fingerprint density at radius 1 is 1.44 bits per heavy atom. The highest BCUT2D eigenvalue weighted by Crippen LogP contribution is 2.27. The predicted octanol–water partition coefficient (Wildman–Crippen LogP) is 2.31. The maximum Gasteiger partial charge on any atom is 0.168 e. The molecule has 0 spiro atoms. The fraction of sp³-hybridized carbons (Fsp3) is 0.583. The van der Waals surface area contributed by atoms with Crippen molar-refractivity contribution in [2.45, 2.75) is 38.3 Å². The number of nitrogens with one attached hydrogen (secondary N) is 1. The third kappa shape index (κ3) is 2.87. The topological polar surface area (TPSA) is 60.2 Å². The van der Waals surface area contributed by atoms with Gasteiger partial charge in [0.2, 0.25) is 0 Å². The van der Waals surface area contributed by atoms with Crippen molar-refractivity contribution < 1.29 is 13.5 Å². The average Bonchev–Trinajstić information content (AvgIpc) is 2.24. The number of hydrogen-bond acceptors (Lipinski definition) is 4. The van der Waals surface area contributed by atoms with E-state index in [1.54, 1.807) is 0 Å². The Balaban J connectivity index is 2.12. The standard InChI is InChI=1S/C12H17F2N3O/c1-12(2)6-7(3-4-18-12)16-11-9(14)5-8(13)10(15)17-11/h5,7H,3-4,6H2,1-2H3,(H3,15,16,17). The Hall–Kier alpha value is -1.43. The van der Waals surface area contributed by atoms with Crippen LogP contribution >= 0.6 is 0 Å². The van der Waals surface area contributed by atoms with E-state index in [0.29, 0.717) is 6.61 Å². The van der Waals surface area contributed by atoms with Gasteiger partial charge in [0.05, 0.1) is 5.60 Å². The van der Waals surface area contributed by atoms with Gasteiger partial charge < -0.3 is 15.8 Å². The summed E-state index contributed by atoms with van der Waals surface area (Å²) in [5.74, 6) is -1.88. The minimum absolute atomic E-state index is 0.00315. The molecule has 6 heteroatoms. The summed E-state index contributed by atoms with van der Waals surface area (Å²) in [6.45, 7) is 4.55. The molecule has 1 saturated heterocycles. The number of hydrogen-bond donors (Lipinski definition) is 2. The molecular formula is C12H17F2N3O. The number of ether oxygens (including phenoxy) is 1. The minimum atomic E-state index is -0.842. The first kappa shape index (κ1) is 13.0. The van der Waals surface area contributed by atoms with E-state index < -0.39 is 11.6 Å². The van der Waals surface area contributed by atoms with Crippen molar-refractivity contribution >= 4 is 11.6 Å². The molecule has 0 aromatic carbocycles. The fourth-order valence-electron chi connectivity index (χ4n) is 2.13. The Bertz CT molecular complexity index is 451. The summed E-state index contributed by atoms with van der Waals surface area (Å²) in [5, 5.41) is 2.96. The summed E-state index contributed by atoms with van der Waals surface area (Å²) in [4.78, 5) is 3.69. The van der Waals surface area contributed by atoms with Gasteiger partial charge in [0.15, 0.2) is 23.3 Å². The Labute approximate surface area is 105 Å². The van der Waals surface area contributed by atoms with Crippen LogP contribution in [0.15, 0.2) is 6.07 Å². The third-order valence-corrected chi connectivity index (χ3v) is 2.99. The van der Waals surface area contributed by atoms with Gasteiger partial charge in [-0.05, 0) is 26.7 Å². The number of rotatable bonds is 2. The summed E-state index contributed by atoms with van der Waals surface area (Å²) in [6.07, 6.45) is 1.48. The molecule has 2 rings (SSSR count). The summed E-state index contributed by atoms with van der Waals surface area (Å²) < 4.78 is 32.1. The van der Waals surface area contributed by atoms with Crippen LogP contribution < -0.4 is 11.1 Å². The van der Waals surface area contributed by atoms with Gasteiger partial charge in [-0.2, -0.15) is 0 Å². The van der Waals surface area contributed by atoms with Crippen LogP contribution in [0.25, 0.3) is 0 Å². The zero-order valence-corrected chi connectivity index (χ0v) is 10.5. The van der Waals surface area contributed by atoms with Crippen LogP contribution in [0.3, 0.4) is 0 Å². The highest BCUT2D eigenvalue weighted by atomic mass is 19.1. The first-order chi connectivity index (χ1) is 8.37. The maximum absolute atomic E-state index is 13.5. The molecule has 2 heterocycles. The number of pyridine rings is 1. The van der Waals surface area contributed by atoms with Crippen LogP contribution in [-0.2, 0) is 4.74 Å². The molecule has 1 aliphatic rings. The first-order valence-corrected chi connectivity index (χ1v) is 5.89. The number of anilines is 2. The SMILES string of the molecule is CC1(C)CC(Nc2nc(N)c(F)cc2F)CCO1. The van der Waals surface area contributed by atoms with Gasteiger partial charge in [-0.3, -0.25) is 0 Å². The summed E-state index contributed by atoms with van der Waals surface area (Å²) in [7, 11) is 0. The van der Waals surface area contributed by atoms with Crippen LogP contribution in [0.1, 0.15) is 26.7 Å². The zero-order valence-electron chi connectivity index (χ0n) is 10.5. The molecule has 3 N–H and O–H groups in total. The van der Waals surface area contributed by atoms with E-state index in [9.17, 15) is 8.78 Å². The highest BCUT2D eigenvalue weighted by molar-refractivity contribution is 5.45. The number of aromatic nitrogens is 1. The zero-order chi connectivity index (χ0) is 13.3. The largest absolute Gasteiger partial charge is 0.381 e. The maximum atomic E-state index is 13.5. The van der Waals surface area contributed by atoms with Crippen molar-refractivity contribution in [3.63, 3.8) is 0 Å². The monoisotopic (exact) mass is 257 g/mol. The van der Waals surface area contributed by atoms with Crippen molar-refractivity contribution in [2.24, 2.45) is 0 Å². The van der Waals surface area contributed by atoms with E-state index in [4.69, 9.17) is 10.5 Å². The van der Waals surface area contributed by atoms with Crippen LogP contribution in [0.5, 0.6) is 0 Å². The number of nitrogens with two attached hydrogens (primary N) is 1. The lowest BCUT2D eigenvalue weighted by Gasteiger charge is -2.36. The van der Waals surface area contributed by atoms with Crippen LogP contribution in [0.2, 0.25) is 0 Å². The molecule has 0 bridgehead atoms. The quantitative estimate of drug-likeness (QED) is 0.853. The number of nitrogens with zero attached hydrogens (tertiary/aromatic N) is 1. The fourth-order valence-corrected chi connectivity index (χ4v) is 2.13. The molecule has 0 radical (unpaired) electrons. The van der Waals surface area contributed by atoms with Crippen LogP contribution in [0.4, 0.5) is 20.4 Å². The summed E-state index contributed by atoms with van der Waals surface area (Å²) in [5.41, 5.74) is 5.08. The van der Waals surface area contributed by atoms with Gasteiger partial charge in [0, 0.05) is 18.7 Å². The van der Waals surface area contributed by atoms with E-state index in [1.807, 2.05) is 13.8 Å². The van der Waals surface area contributed by atoms with E-state index in [2.05, 4.69) is 10.3 Å². The van der Waals surface area contributed by atoms with Crippen LogP contribution in [-0.4, -0.2) is 23.2 Å². The molecule has 1 unspecified atom stereocenters. The second-order valence-corrected chi connectivity index (χ2v) is 5.13.